The van der Waals surface area contributed by atoms with Gasteiger partial charge in [-0.05, 0) is 19.3 Å². The molecule has 0 amide bonds. The molecule has 6 heteroatoms. The normalized spacial score (nSPS) is 32.1. The number of hydrogen-bond acceptors (Lipinski definition) is 4. The van der Waals surface area contributed by atoms with Crippen LogP contribution in [0.3, 0.4) is 0 Å². The molecular weight excluding hydrogens is 285 g/mol. The minimum absolute atomic E-state index is 0.0750. The smallest absolute Gasteiger partial charge is 0.155 e. The van der Waals surface area contributed by atoms with Gasteiger partial charge in [0, 0.05) is 11.3 Å². The Bertz CT molecular complexity index is 306. The molecule has 1 rings (SSSR count). The summed E-state index contributed by atoms with van der Waals surface area (Å²) in [5.41, 5.74) is 0. The van der Waals surface area contributed by atoms with E-state index >= 15 is 0 Å². The van der Waals surface area contributed by atoms with Crippen LogP contribution in [0.25, 0.3) is 0 Å². The number of nitrogens with zero attached hydrogens (tertiary/aromatic N) is 1. The number of thiol groups is 2. The van der Waals surface area contributed by atoms with E-state index in [9.17, 15) is 4.79 Å². The van der Waals surface area contributed by atoms with E-state index in [0.717, 1.165) is 0 Å². The van der Waals surface area contributed by atoms with Gasteiger partial charge in [0.1, 0.15) is 5.92 Å². The molecule has 0 aromatic carbocycles. The Hall–Kier alpha value is 0.440. The van der Waals surface area contributed by atoms with Gasteiger partial charge in [0.05, 0.1) is 16.0 Å². The van der Waals surface area contributed by atoms with Gasteiger partial charge in [-0.2, -0.15) is 30.5 Å². The highest BCUT2D eigenvalue weighted by Gasteiger charge is 2.36. The lowest BCUT2D eigenvalue weighted by Crippen LogP contribution is -2.34. The number of Topliss-reactive ketones (excluding diaryl/α,β-unsaturated/α-hetero) is 1. The van der Waals surface area contributed by atoms with Gasteiger partial charge in [-0.15, -0.1) is 23.2 Å². The topological polar surface area (TPSA) is 40.9 Å². The first-order valence-corrected chi connectivity index (χ1v) is 6.95. The summed E-state index contributed by atoms with van der Waals surface area (Å²) in [5, 5.41) is 8.62. The van der Waals surface area contributed by atoms with Crippen molar-refractivity contribution in [2.24, 2.45) is 11.8 Å². The average molecular weight is 298 g/mol. The second-order valence-electron chi connectivity index (χ2n) is 3.96. The number of hydrogen-bond donors (Lipinski definition) is 2. The Labute approximate surface area is 116 Å². The van der Waals surface area contributed by atoms with Crippen molar-refractivity contribution < 1.29 is 4.79 Å². The summed E-state index contributed by atoms with van der Waals surface area (Å²) in [7, 11) is 0. The molecule has 1 fully saturated rings. The Morgan fingerprint density at radius 3 is 2.38 bits per heavy atom. The minimum atomic E-state index is -0.771. The molecule has 1 aliphatic rings. The molecule has 0 spiro atoms. The fourth-order valence-electron chi connectivity index (χ4n) is 1.87. The summed E-state index contributed by atoms with van der Waals surface area (Å²) in [6, 6.07) is 1.95. The summed E-state index contributed by atoms with van der Waals surface area (Å²) in [4.78, 5) is 12.0. The third-order valence-electron chi connectivity index (χ3n) is 2.84. The molecule has 16 heavy (non-hydrogen) atoms. The molecule has 4 atom stereocenters. The maximum atomic E-state index is 12.0. The number of carbonyl (C=O) groups is 1. The van der Waals surface area contributed by atoms with Gasteiger partial charge < -0.3 is 0 Å². The van der Waals surface area contributed by atoms with Crippen LogP contribution in [0.15, 0.2) is 0 Å². The van der Waals surface area contributed by atoms with Crippen LogP contribution in [0.1, 0.15) is 19.3 Å². The maximum absolute atomic E-state index is 12.0. The third kappa shape index (κ3) is 3.46. The van der Waals surface area contributed by atoms with Crippen molar-refractivity contribution >= 4 is 54.2 Å². The molecule has 0 aromatic rings. The highest BCUT2D eigenvalue weighted by Crippen LogP contribution is 2.34. The second-order valence-corrected chi connectivity index (χ2v) is 6.61. The molecule has 1 aliphatic carbocycles. The molecule has 90 valence electrons. The van der Waals surface area contributed by atoms with E-state index in [1.807, 2.05) is 6.07 Å². The summed E-state index contributed by atoms with van der Waals surface area (Å²) in [6.45, 7) is 0. The van der Waals surface area contributed by atoms with Crippen LogP contribution in [0.2, 0.25) is 0 Å². The lowest BCUT2D eigenvalue weighted by molar-refractivity contribution is -0.125. The molecule has 0 N–H and O–H groups in total. The van der Waals surface area contributed by atoms with Gasteiger partial charge in [-0.25, -0.2) is 0 Å². The fourth-order valence-corrected chi connectivity index (χ4v) is 2.87. The second kappa shape index (κ2) is 6.39. The summed E-state index contributed by atoms with van der Waals surface area (Å²) in [5.74, 6) is -1.05. The molecule has 0 saturated heterocycles. The number of rotatable bonds is 3. The zero-order valence-corrected chi connectivity index (χ0v) is 11.8. The van der Waals surface area contributed by atoms with E-state index in [2.05, 4.69) is 25.3 Å². The quantitative estimate of drug-likeness (QED) is 0.478. The zero-order chi connectivity index (χ0) is 12.3. The SMILES string of the molecule is N#CC(C(=O)C1CCC(Cl)C(Cl)C1)C(S)S. The van der Waals surface area contributed by atoms with E-state index in [1.54, 1.807) is 0 Å². The van der Waals surface area contributed by atoms with Crippen LogP contribution >= 0.6 is 48.5 Å². The Morgan fingerprint density at radius 2 is 1.94 bits per heavy atom. The fraction of sp³-hybridized carbons (Fsp3) is 0.800. The van der Waals surface area contributed by atoms with Crippen molar-refractivity contribution in [3.63, 3.8) is 0 Å². The van der Waals surface area contributed by atoms with Gasteiger partial charge >= 0.3 is 0 Å². The van der Waals surface area contributed by atoms with Crippen molar-refractivity contribution in [1.29, 1.82) is 5.26 Å². The Balaban J connectivity index is 2.65. The molecule has 0 radical (unpaired) electrons. The van der Waals surface area contributed by atoms with Crippen LogP contribution < -0.4 is 0 Å². The van der Waals surface area contributed by atoms with E-state index in [4.69, 9.17) is 28.5 Å². The molecule has 0 aromatic heterocycles. The van der Waals surface area contributed by atoms with Gasteiger partial charge in [0.15, 0.2) is 5.78 Å². The first-order chi connectivity index (χ1) is 7.47. The highest BCUT2D eigenvalue weighted by atomic mass is 35.5. The Kier molecular flexibility index (Phi) is 5.79. The molecule has 4 unspecified atom stereocenters. The predicted molar refractivity (Wildman–Crippen MR) is 72.5 cm³/mol. The average Bonchev–Trinajstić information content (AvgIpc) is 2.22. The molecule has 0 heterocycles. The van der Waals surface area contributed by atoms with Crippen molar-refractivity contribution in [3.05, 3.63) is 0 Å². The van der Waals surface area contributed by atoms with Crippen molar-refractivity contribution in [2.45, 2.75) is 34.6 Å². The van der Waals surface area contributed by atoms with Gasteiger partial charge in [-0.1, -0.05) is 0 Å². The molecule has 0 bridgehead atoms. The Morgan fingerprint density at radius 1 is 1.31 bits per heavy atom. The van der Waals surface area contributed by atoms with Gasteiger partial charge in [0.25, 0.3) is 0 Å². The number of halogens is 2. The largest absolute Gasteiger partial charge is 0.298 e. The lowest BCUT2D eigenvalue weighted by atomic mass is 9.82. The third-order valence-corrected chi connectivity index (χ3v) is 4.57. The van der Waals surface area contributed by atoms with Gasteiger partial charge in [-0.3, -0.25) is 4.79 Å². The molecule has 1 saturated carbocycles. The highest BCUT2D eigenvalue weighted by molar-refractivity contribution is 7.99. The predicted octanol–water partition coefficient (Wildman–Crippen LogP) is 2.90. The summed E-state index contributed by atoms with van der Waals surface area (Å²) in [6.07, 6.45) is 1.96. The molecule has 2 nitrogen and oxygen atoms in total. The van der Waals surface area contributed by atoms with E-state index in [0.29, 0.717) is 19.3 Å². The monoisotopic (exact) mass is 297 g/mol. The van der Waals surface area contributed by atoms with Crippen LogP contribution in [0.4, 0.5) is 0 Å². The van der Waals surface area contributed by atoms with Crippen molar-refractivity contribution in [2.75, 3.05) is 0 Å². The van der Waals surface area contributed by atoms with Crippen molar-refractivity contribution in [3.8, 4) is 6.07 Å². The van der Waals surface area contributed by atoms with Crippen molar-refractivity contribution in [1.82, 2.24) is 0 Å². The summed E-state index contributed by atoms with van der Waals surface area (Å²) >= 11 is 20.1. The maximum Gasteiger partial charge on any atom is 0.155 e. The molecule has 0 aliphatic heterocycles. The van der Waals surface area contributed by atoms with E-state index < -0.39 is 10.5 Å². The number of nitriles is 1. The van der Waals surface area contributed by atoms with Crippen LogP contribution in [-0.2, 0) is 4.79 Å². The first kappa shape index (κ1) is 14.5. The minimum Gasteiger partial charge on any atom is -0.298 e. The number of carbonyl (C=O) groups excluding carboxylic acids is 1. The number of ketones is 1. The van der Waals surface area contributed by atoms with E-state index in [1.165, 1.54) is 0 Å². The zero-order valence-electron chi connectivity index (χ0n) is 8.51. The van der Waals surface area contributed by atoms with E-state index in [-0.39, 0.29) is 22.5 Å². The first-order valence-electron chi connectivity index (χ1n) is 5.05. The van der Waals surface area contributed by atoms with Crippen LogP contribution in [-0.4, -0.2) is 21.1 Å². The van der Waals surface area contributed by atoms with Crippen LogP contribution in [0, 0.1) is 23.2 Å². The van der Waals surface area contributed by atoms with Gasteiger partial charge in [0.2, 0.25) is 0 Å². The lowest BCUT2D eigenvalue weighted by Gasteiger charge is -2.29. The standard InChI is InChI=1S/C10H13Cl2NOS2/c11-7-2-1-5(3-8(7)12)9(14)6(4-13)10(15)16/h5-8,10,15-16H,1-3H2. The number of alkyl halides is 2. The van der Waals surface area contributed by atoms with Crippen LogP contribution in [0.5, 0.6) is 0 Å². The molecular formula is C10H13Cl2NOS2. The summed E-state index contributed by atoms with van der Waals surface area (Å²) < 4.78 is -0.542.